The first kappa shape index (κ1) is 25.9. The van der Waals surface area contributed by atoms with Gasteiger partial charge in [-0.3, -0.25) is 9.59 Å². The van der Waals surface area contributed by atoms with Crippen LogP contribution in [0, 0.1) is 0 Å². The van der Waals surface area contributed by atoms with Gasteiger partial charge in [0.25, 0.3) is 5.91 Å². The molecule has 1 atom stereocenters. The molecule has 34 heavy (non-hydrogen) atoms. The van der Waals surface area contributed by atoms with E-state index in [0.29, 0.717) is 27.8 Å². The van der Waals surface area contributed by atoms with E-state index in [1.165, 1.54) is 11.7 Å². The van der Waals surface area contributed by atoms with Gasteiger partial charge in [-0.2, -0.15) is 26.3 Å². The quantitative estimate of drug-likeness (QED) is 0.514. The van der Waals surface area contributed by atoms with E-state index >= 15 is 0 Å². The standard InChI is InChI=1S/C21H20BrF6N3O3/c1-19(18(29)33,9-21(26,27)28)30-17(32)14-5-11(8-20(23,24)25)16-12-7-13(22)15(34-2)6-10(12)3-4-31(14)16/h5-7H,3-4,8-9H2,1-2H3,(H2,29,33)(H,30,32)/t19-/m0/s1. The normalized spacial score (nSPS) is 15.2. The molecule has 0 aliphatic carbocycles. The summed E-state index contributed by atoms with van der Waals surface area (Å²) in [5.41, 5.74) is 3.30. The monoisotopic (exact) mass is 555 g/mol. The third-order valence-corrected chi connectivity index (χ3v) is 6.14. The van der Waals surface area contributed by atoms with Crippen molar-refractivity contribution in [2.45, 2.75) is 50.6 Å². The predicted molar refractivity (Wildman–Crippen MR) is 113 cm³/mol. The summed E-state index contributed by atoms with van der Waals surface area (Å²) in [7, 11) is 1.44. The molecule has 1 aliphatic heterocycles. The summed E-state index contributed by atoms with van der Waals surface area (Å²) >= 11 is 3.30. The number of aromatic nitrogens is 1. The Hall–Kier alpha value is -2.70. The van der Waals surface area contributed by atoms with Gasteiger partial charge in [0.15, 0.2) is 0 Å². The Morgan fingerprint density at radius 1 is 1.15 bits per heavy atom. The molecule has 0 bridgehead atoms. The van der Waals surface area contributed by atoms with Crippen LogP contribution < -0.4 is 15.8 Å². The van der Waals surface area contributed by atoms with Crippen molar-refractivity contribution in [3.05, 3.63) is 39.5 Å². The zero-order valence-electron chi connectivity index (χ0n) is 18.0. The zero-order valence-corrected chi connectivity index (χ0v) is 19.5. The summed E-state index contributed by atoms with van der Waals surface area (Å²) in [5.74, 6) is -2.10. The van der Waals surface area contributed by atoms with E-state index in [1.807, 2.05) is 5.32 Å². The fourth-order valence-electron chi connectivity index (χ4n) is 4.01. The minimum Gasteiger partial charge on any atom is -0.496 e. The van der Waals surface area contributed by atoms with Gasteiger partial charge in [0.1, 0.15) is 17.0 Å². The lowest BCUT2D eigenvalue weighted by Crippen LogP contribution is -2.57. The van der Waals surface area contributed by atoms with Crippen LogP contribution >= 0.6 is 15.9 Å². The highest BCUT2D eigenvalue weighted by molar-refractivity contribution is 9.10. The van der Waals surface area contributed by atoms with E-state index in [4.69, 9.17) is 10.5 Å². The van der Waals surface area contributed by atoms with Crippen molar-refractivity contribution >= 4 is 27.7 Å². The minimum absolute atomic E-state index is 0.0836. The van der Waals surface area contributed by atoms with E-state index in [1.54, 1.807) is 12.1 Å². The molecule has 3 rings (SSSR count). The number of fused-ring (bicyclic) bond motifs is 3. The number of benzene rings is 1. The Bertz CT molecular complexity index is 1140. The number of nitrogens with zero attached hydrogens (tertiary/aromatic N) is 1. The van der Waals surface area contributed by atoms with Crippen LogP contribution in [0.15, 0.2) is 22.7 Å². The summed E-state index contributed by atoms with van der Waals surface area (Å²) in [6, 6.07) is 4.22. The van der Waals surface area contributed by atoms with Crippen molar-refractivity contribution in [2.24, 2.45) is 5.73 Å². The van der Waals surface area contributed by atoms with Gasteiger partial charge in [0, 0.05) is 12.1 Å². The van der Waals surface area contributed by atoms with Gasteiger partial charge in [0.05, 0.1) is 30.1 Å². The van der Waals surface area contributed by atoms with Gasteiger partial charge in [-0.1, -0.05) is 0 Å². The van der Waals surface area contributed by atoms with Gasteiger partial charge in [-0.15, -0.1) is 0 Å². The number of hydrogen-bond acceptors (Lipinski definition) is 3. The maximum atomic E-state index is 13.3. The number of carbonyl (C=O) groups is 2. The molecule has 13 heteroatoms. The highest BCUT2D eigenvalue weighted by Gasteiger charge is 2.45. The van der Waals surface area contributed by atoms with Crippen LogP contribution in [0.4, 0.5) is 26.3 Å². The average Bonchev–Trinajstić information content (AvgIpc) is 3.03. The minimum atomic E-state index is -4.83. The Balaban J connectivity index is 2.12. The van der Waals surface area contributed by atoms with Crippen molar-refractivity contribution in [2.75, 3.05) is 7.11 Å². The molecular formula is C21H20BrF6N3O3. The van der Waals surface area contributed by atoms with Crippen LogP contribution in [0.25, 0.3) is 11.3 Å². The lowest BCUT2D eigenvalue weighted by molar-refractivity contribution is -0.156. The highest BCUT2D eigenvalue weighted by atomic mass is 79.9. The molecule has 0 saturated carbocycles. The molecule has 1 aromatic heterocycles. The molecule has 1 aliphatic rings. The van der Waals surface area contributed by atoms with E-state index in [2.05, 4.69) is 15.9 Å². The first-order chi connectivity index (χ1) is 15.5. The summed E-state index contributed by atoms with van der Waals surface area (Å²) < 4.78 is 86.0. The zero-order chi connectivity index (χ0) is 25.6. The summed E-state index contributed by atoms with van der Waals surface area (Å²) in [4.78, 5) is 24.7. The van der Waals surface area contributed by atoms with Gasteiger partial charge < -0.3 is 20.4 Å². The second-order valence-electron chi connectivity index (χ2n) is 8.18. The molecule has 0 fully saturated rings. The van der Waals surface area contributed by atoms with Crippen LogP contribution in [0.2, 0.25) is 0 Å². The van der Waals surface area contributed by atoms with Crippen molar-refractivity contribution in [1.29, 1.82) is 0 Å². The summed E-state index contributed by atoms with van der Waals surface area (Å²) in [6.07, 6.45) is -12.2. The fourth-order valence-corrected chi connectivity index (χ4v) is 4.52. The smallest absolute Gasteiger partial charge is 0.393 e. The average molecular weight is 556 g/mol. The van der Waals surface area contributed by atoms with Gasteiger partial charge >= 0.3 is 12.4 Å². The van der Waals surface area contributed by atoms with Gasteiger partial charge in [0.2, 0.25) is 5.91 Å². The highest BCUT2D eigenvalue weighted by Crippen LogP contribution is 2.41. The maximum Gasteiger partial charge on any atom is 0.393 e. The Labute approximate surface area is 198 Å². The predicted octanol–water partition coefficient (Wildman–Crippen LogP) is 4.51. The van der Waals surface area contributed by atoms with Crippen LogP contribution in [-0.4, -0.2) is 41.4 Å². The Morgan fingerprint density at radius 3 is 2.32 bits per heavy atom. The SMILES string of the molecule is COc1cc2c(cc1Br)-c1c(CC(F)(F)F)cc(C(=O)N[C@@](C)(CC(F)(F)F)C(N)=O)n1CC2. The van der Waals surface area contributed by atoms with Crippen molar-refractivity contribution in [1.82, 2.24) is 9.88 Å². The first-order valence-electron chi connectivity index (χ1n) is 9.90. The largest absolute Gasteiger partial charge is 0.496 e. The molecule has 186 valence electrons. The van der Waals surface area contributed by atoms with Crippen LogP contribution in [-0.2, 0) is 24.2 Å². The number of amides is 2. The van der Waals surface area contributed by atoms with Gasteiger partial charge in [-0.25, -0.2) is 0 Å². The second kappa shape index (κ2) is 8.82. The third kappa shape index (κ3) is 5.34. The molecule has 2 aromatic rings. The van der Waals surface area contributed by atoms with E-state index < -0.39 is 42.5 Å². The lowest BCUT2D eigenvalue weighted by atomic mass is 9.95. The molecule has 3 N–H and O–H groups in total. The molecular weight excluding hydrogens is 536 g/mol. The number of primary amides is 1. The van der Waals surface area contributed by atoms with Crippen molar-refractivity contribution in [3.8, 4) is 17.0 Å². The molecule has 0 unspecified atom stereocenters. The number of alkyl halides is 6. The van der Waals surface area contributed by atoms with Crippen LogP contribution in [0.5, 0.6) is 5.75 Å². The molecule has 1 aromatic carbocycles. The number of ether oxygens (including phenoxy) is 1. The molecule has 0 saturated heterocycles. The number of aryl methyl sites for hydroxylation is 1. The Morgan fingerprint density at radius 2 is 1.79 bits per heavy atom. The lowest BCUT2D eigenvalue weighted by Gasteiger charge is -2.29. The number of carbonyl (C=O) groups excluding carboxylic acids is 2. The molecule has 2 heterocycles. The topological polar surface area (TPSA) is 86.3 Å². The van der Waals surface area contributed by atoms with Gasteiger partial charge in [-0.05, 0) is 58.6 Å². The Kier molecular flexibility index (Phi) is 6.72. The van der Waals surface area contributed by atoms with E-state index in [-0.39, 0.29) is 23.5 Å². The summed E-state index contributed by atoms with van der Waals surface area (Å²) in [6.45, 7) is 0.899. The van der Waals surface area contributed by atoms with E-state index in [9.17, 15) is 35.9 Å². The number of rotatable bonds is 6. The number of hydrogen-bond donors (Lipinski definition) is 2. The van der Waals surface area contributed by atoms with Crippen LogP contribution in [0.1, 0.15) is 35.0 Å². The summed E-state index contributed by atoms with van der Waals surface area (Å²) in [5, 5.41) is 1.98. The first-order valence-corrected chi connectivity index (χ1v) is 10.7. The third-order valence-electron chi connectivity index (χ3n) is 5.52. The number of nitrogens with two attached hydrogens (primary N) is 1. The van der Waals surface area contributed by atoms with E-state index in [0.717, 1.165) is 13.0 Å². The molecule has 0 spiro atoms. The number of halogens is 7. The molecule has 0 radical (unpaired) electrons. The molecule has 2 amide bonds. The van der Waals surface area contributed by atoms with Crippen molar-refractivity contribution in [3.63, 3.8) is 0 Å². The van der Waals surface area contributed by atoms with Crippen molar-refractivity contribution < 1.29 is 40.7 Å². The number of methoxy groups -OCH3 is 1. The second-order valence-corrected chi connectivity index (χ2v) is 9.04. The molecule has 6 nitrogen and oxygen atoms in total. The maximum absolute atomic E-state index is 13.3. The fraction of sp³-hybridized carbons (Fsp3) is 0.429. The van der Waals surface area contributed by atoms with Crippen LogP contribution in [0.3, 0.4) is 0 Å². The number of nitrogens with one attached hydrogen (secondary N) is 1.